The van der Waals surface area contributed by atoms with Gasteiger partial charge in [0.1, 0.15) is 5.69 Å². The highest BCUT2D eigenvalue weighted by atomic mass is 32.2. The van der Waals surface area contributed by atoms with E-state index in [0.717, 1.165) is 22.4 Å². The van der Waals surface area contributed by atoms with Crippen molar-refractivity contribution in [3.8, 4) is 0 Å². The molecule has 3 aromatic rings. The van der Waals surface area contributed by atoms with Gasteiger partial charge in [-0.05, 0) is 68.1 Å². The van der Waals surface area contributed by atoms with E-state index in [0.29, 0.717) is 17.8 Å². The molecule has 0 aliphatic carbocycles. The molecule has 1 heterocycles. The lowest BCUT2D eigenvalue weighted by atomic mass is 9.92. The third kappa shape index (κ3) is 5.59. The van der Waals surface area contributed by atoms with Crippen LogP contribution >= 0.6 is 0 Å². The van der Waals surface area contributed by atoms with Crippen molar-refractivity contribution >= 4 is 21.6 Å². The highest BCUT2D eigenvalue weighted by Gasteiger charge is 2.27. The molecule has 0 aliphatic rings. The van der Waals surface area contributed by atoms with E-state index >= 15 is 0 Å². The Bertz CT molecular complexity index is 1360. The van der Waals surface area contributed by atoms with Gasteiger partial charge in [-0.15, -0.1) is 0 Å². The van der Waals surface area contributed by atoms with E-state index in [9.17, 15) is 13.2 Å². The van der Waals surface area contributed by atoms with Gasteiger partial charge in [-0.1, -0.05) is 44.5 Å². The number of anilines is 1. The molecule has 0 atom stereocenters. The van der Waals surface area contributed by atoms with Crippen molar-refractivity contribution in [1.82, 2.24) is 14.5 Å². The second kappa shape index (κ2) is 9.49. The van der Waals surface area contributed by atoms with Gasteiger partial charge in [0, 0.05) is 25.2 Å². The van der Waals surface area contributed by atoms with Gasteiger partial charge in [0.15, 0.2) is 0 Å². The molecule has 1 aromatic heterocycles. The maximum absolute atomic E-state index is 13.4. The molecule has 0 fully saturated rings. The van der Waals surface area contributed by atoms with Crippen LogP contribution in [0.3, 0.4) is 0 Å². The van der Waals surface area contributed by atoms with Crippen LogP contribution in [0.15, 0.2) is 41.3 Å². The Kier molecular flexibility index (Phi) is 7.18. The van der Waals surface area contributed by atoms with Crippen molar-refractivity contribution < 1.29 is 13.2 Å². The zero-order chi connectivity index (χ0) is 26.3. The fraction of sp³-hybridized carbons (Fsp3) is 0.407. The van der Waals surface area contributed by atoms with E-state index in [2.05, 4.69) is 16.9 Å². The fourth-order valence-electron chi connectivity index (χ4n) is 4.30. The highest BCUT2D eigenvalue weighted by Crippen LogP contribution is 2.27. The minimum atomic E-state index is -4.10. The molecular formula is C27H36N4O3S. The Balaban J connectivity index is 2.04. The molecule has 35 heavy (non-hydrogen) atoms. The molecule has 0 spiro atoms. The van der Waals surface area contributed by atoms with Gasteiger partial charge in [0.05, 0.1) is 17.1 Å². The van der Waals surface area contributed by atoms with E-state index in [4.69, 9.17) is 5.10 Å². The number of hydrogen-bond acceptors (Lipinski definition) is 5. The van der Waals surface area contributed by atoms with Gasteiger partial charge in [0.25, 0.3) is 15.9 Å². The molecule has 8 heteroatoms. The Morgan fingerprint density at radius 2 is 1.63 bits per heavy atom. The minimum Gasteiger partial charge on any atom is -0.377 e. The molecule has 188 valence electrons. The molecule has 0 aliphatic heterocycles. The number of benzene rings is 2. The first-order valence-electron chi connectivity index (χ1n) is 11.6. The Labute approximate surface area is 209 Å². The number of amides is 1. The molecule has 2 aromatic carbocycles. The van der Waals surface area contributed by atoms with Crippen LogP contribution in [0.25, 0.3) is 0 Å². The minimum absolute atomic E-state index is 0.0735. The summed E-state index contributed by atoms with van der Waals surface area (Å²) in [6, 6.07) is 10.9. The average Bonchev–Trinajstić information content (AvgIpc) is 3.15. The first-order valence-corrected chi connectivity index (χ1v) is 13.1. The van der Waals surface area contributed by atoms with Gasteiger partial charge in [0.2, 0.25) is 0 Å². The summed E-state index contributed by atoms with van der Waals surface area (Å²) in [6.07, 6.45) is 0. The normalized spacial score (nSPS) is 12.0. The summed E-state index contributed by atoms with van der Waals surface area (Å²) in [6.45, 7) is 14.3. The molecule has 0 bridgehead atoms. The first kappa shape index (κ1) is 26.5. The number of carbonyl (C=O) groups is 1. The van der Waals surface area contributed by atoms with Gasteiger partial charge in [-0.25, -0.2) is 13.1 Å². The fourth-order valence-corrected chi connectivity index (χ4v) is 5.53. The zero-order valence-corrected chi connectivity index (χ0v) is 23.0. The predicted octanol–water partition coefficient (Wildman–Crippen LogP) is 4.65. The molecule has 1 N–H and O–H groups in total. The third-order valence-corrected chi connectivity index (χ3v) is 7.66. The number of sulfonamides is 1. The summed E-state index contributed by atoms with van der Waals surface area (Å²) in [7, 11) is -0.407. The molecule has 0 saturated heterocycles. The molecule has 0 unspecified atom stereocenters. The summed E-state index contributed by atoms with van der Waals surface area (Å²) in [5.74, 6) is -0.704. The van der Waals surface area contributed by atoms with Gasteiger partial charge >= 0.3 is 0 Å². The van der Waals surface area contributed by atoms with E-state index < -0.39 is 15.9 Å². The Morgan fingerprint density at radius 1 is 1.03 bits per heavy atom. The first-order chi connectivity index (χ1) is 16.1. The van der Waals surface area contributed by atoms with Crippen LogP contribution in [0.4, 0.5) is 5.69 Å². The van der Waals surface area contributed by atoms with E-state index in [-0.39, 0.29) is 16.0 Å². The second-order valence-corrected chi connectivity index (χ2v) is 12.1. The summed E-state index contributed by atoms with van der Waals surface area (Å²) in [4.78, 5) is 15.3. The summed E-state index contributed by atoms with van der Waals surface area (Å²) in [5, 5.41) is 4.71. The number of carbonyl (C=O) groups excluding carboxylic acids is 1. The average molecular weight is 497 g/mol. The number of nitrogens with zero attached hydrogens (tertiary/aromatic N) is 3. The van der Waals surface area contributed by atoms with E-state index in [1.165, 1.54) is 11.6 Å². The zero-order valence-electron chi connectivity index (χ0n) is 22.1. The topological polar surface area (TPSA) is 84.3 Å². The van der Waals surface area contributed by atoms with Crippen LogP contribution in [0.1, 0.15) is 64.8 Å². The molecule has 1 amide bonds. The van der Waals surface area contributed by atoms with E-state index in [1.54, 1.807) is 23.7 Å². The maximum Gasteiger partial charge on any atom is 0.283 e. The van der Waals surface area contributed by atoms with Crippen molar-refractivity contribution in [1.29, 1.82) is 0 Å². The van der Waals surface area contributed by atoms with Crippen LogP contribution in [0.5, 0.6) is 0 Å². The van der Waals surface area contributed by atoms with Gasteiger partial charge < -0.3 is 4.90 Å². The van der Waals surface area contributed by atoms with Gasteiger partial charge in [-0.2, -0.15) is 5.10 Å². The maximum atomic E-state index is 13.4. The lowest BCUT2D eigenvalue weighted by Crippen LogP contribution is -2.33. The number of aromatic nitrogens is 2. The van der Waals surface area contributed by atoms with E-state index in [1.807, 2.05) is 66.6 Å². The third-order valence-electron chi connectivity index (χ3n) is 6.18. The predicted molar refractivity (Wildman–Crippen MR) is 141 cm³/mol. The van der Waals surface area contributed by atoms with Crippen molar-refractivity contribution in [3.63, 3.8) is 0 Å². The molecule has 7 nitrogen and oxygen atoms in total. The number of nitrogens with one attached hydrogen (secondary N) is 1. The molecule has 0 radical (unpaired) electrons. The number of hydrogen-bond donors (Lipinski definition) is 1. The van der Waals surface area contributed by atoms with Crippen LogP contribution in [-0.4, -0.2) is 38.2 Å². The van der Waals surface area contributed by atoms with Crippen LogP contribution in [-0.2, 0) is 22.0 Å². The second-order valence-electron chi connectivity index (χ2n) is 10.4. The van der Waals surface area contributed by atoms with Gasteiger partial charge in [-0.3, -0.25) is 9.48 Å². The summed E-state index contributed by atoms with van der Waals surface area (Å²) in [5.41, 5.74) is 6.39. The molecule has 3 rings (SSSR count). The van der Waals surface area contributed by atoms with Crippen molar-refractivity contribution in [3.05, 3.63) is 75.6 Å². The largest absolute Gasteiger partial charge is 0.377 e. The quantitative estimate of drug-likeness (QED) is 0.537. The number of rotatable bonds is 6. The number of aryl methyl sites for hydroxylation is 3. The summed E-state index contributed by atoms with van der Waals surface area (Å²) >= 11 is 0. The molecular weight excluding hydrogens is 460 g/mol. The monoisotopic (exact) mass is 496 g/mol. The van der Waals surface area contributed by atoms with Crippen LogP contribution in [0.2, 0.25) is 0 Å². The smallest absolute Gasteiger partial charge is 0.283 e. The Morgan fingerprint density at radius 3 is 2.17 bits per heavy atom. The van der Waals surface area contributed by atoms with Crippen molar-refractivity contribution in [2.45, 2.75) is 65.3 Å². The molecule has 0 saturated carbocycles. The lowest BCUT2D eigenvalue weighted by molar-refractivity contribution is 0.0971. The SMILES string of the molecule is Cc1cc(C)c(Cn2nc(C(C)(C)C)cc2C(=O)NS(=O)(=O)c2cccc(N(C)C)c2C)c(C)c1. The van der Waals surface area contributed by atoms with Crippen LogP contribution in [0, 0.1) is 27.7 Å². The van der Waals surface area contributed by atoms with Crippen molar-refractivity contribution in [2.75, 3.05) is 19.0 Å². The summed E-state index contributed by atoms with van der Waals surface area (Å²) < 4.78 is 30.4. The van der Waals surface area contributed by atoms with Crippen molar-refractivity contribution in [2.24, 2.45) is 0 Å². The Hall–Kier alpha value is -3.13. The highest BCUT2D eigenvalue weighted by molar-refractivity contribution is 7.90. The lowest BCUT2D eigenvalue weighted by Gasteiger charge is -2.18. The van der Waals surface area contributed by atoms with Crippen LogP contribution < -0.4 is 9.62 Å². The standard InChI is InChI=1S/C27H36N4O3S/c1-17-13-18(2)21(19(3)14-17)16-31-23(15-25(28-31)27(5,6)7)26(32)29-35(33,34)24-12-10-11-22(20(24)4)30(8)9/h10-15H,16H2,1-9H3,(H,29,32).